The van der Waals surface area contributed by atoms with E-state index in [0.29, 0.717) is 11.1 Å². The van der Waals surface area contributed by atoms with Crippen molar-refractivity contribution in [2.75, 3.05) is 6.61 Å². The average molecular weight is 271 g/mol. The van der Waals surface area contributed by atoms with E-state index < -0.39 is 4.92 Å². The van der Waals surface area contributed by atoms with Crippen LogP contribution in [0.4, 0.5) is 5.69 Å². The number of aliphatic hydroxyl groups excluding tert-OH is 1. The van der Waals surface area contributed by atoms with Gasteiger partial charge in [-0.25, -0.2) is 0 Å². The van der Waals surface area contributed by atoms with Gasteiger partial charge in [-0.05, 0) is 0 Å². The topological polar surface area (TPSA) is 80.4 Å². The van der Waals surface area contributed by atoms with Gasteiger partial charge >= 0.3 is 0 Å². The lowest BCUT2D eigenvalue weighted by atomic mass is 10.00. The molecule has 0 aliphatic carbocycles. The van der Waals surface area contributed by atoms with E-state index in [0.717, 1.165) is 0 Å². The molecule has 1 N–H and O–H groups in total. The smallest absolute Gasteiger partial charge is 0.273 e. The first-order valence-corrected chi connectivity index (χ1v) is 6.11. The molecule has 0 fully saturated rings. The fraction of sp³-hybridized carbons (Fsp3) is 0.133. The molecule has 5 nitrogen and oxygen atoms in total. The second-order valence-electron chi connectivity index (χ2n) is 4.27. The Bertz CT molecular complexity index is 638. The van der Waals surface area contributed by atoms with Crippen molar-refractivity contribution < 1.29 is 14.8 Å². The number of carbonyl (C=O) groups excluding carboxylic acids is 1. The first-order valence-electron chi connectivity index (χ1n) is 6.11. The van der Waals surface area contributed by atoms with Crippen LogP contribution in [0.1, 0.15) is 21.5 Å². The predicted octanol–water partition coefficient (Wildman–Crippen LogP) is 2.36. The second-order valence-corrected chi connectivity index (χ2v) is 4.27. The van der Waals surface area contributed by atoms with Crippen LogP contribution < -0.4 is 0 Å². The molecule has 2 aromatic rings. The first-order chi connectivity index (χ1) is 9.63. The number of hydrogen-bond donors (Lipinski definition) is 1. The molecule has 0 aliphatic heterocycles. The summed E-state index contributed by atoms with van der Waals surface area (Å²) in [5.41, 5.74) is 1.03. The van der Waals surface area contributed by atoms with Gasteiger partial charge in [-0.15, -0.1) is 0 Å². The summed E-state index contributed by atoms with van der Waals surface area (Å²) in [5, 5.41) is 19.9. The molecule has 0 bridgehead atoms. The number of carbonyl (C=O) groups is 1. The van der Waals surface area contributed by atoms with Crippen LogP contribution in [-0.2, 0) is 6.42 Å². The maximum Gasteiger partial charge on any atom is 0.273 e. The number of aliphatic hydroxyl groups is 1. The van der Waals surface area contributed by atoms with E-state index in [1.165, 1.54) is 12.1 Å². The van der Waals surface area contributed by atoms with Crippen LogP contribution >= 0.6 is 0 Å². The molecule has 5 heteroatoms. The van der Waals surface area contributed by atoms with E-state index in [1.54, 1.807) is 36.4 Å². The lowest BCUT2D eigenvalue weighted by Crippen LogP contribution is -2.04. The molecule has 102 valence electrons. The highest BCUT2D eigenvalue weighted by Crippen LogP contribution is 2.22. The van der Waals surface area contributed by atoms with Crippen LogP contribution in [0.15, 0.2) is 48.5 Å². The fourth-order valence-electron chi connectivity index (χ4n) is 1.96. The molecule has 0 heterocycles. The van der Waals surface area contributed by atoms with Gasteiger partial charge < -0.3 is 5.11 Å². The van der Waals surface area contributed by atoms with Gasteiger partial charge in [0.15, 0.2) is 5.78 Å². The molecule has 0 aliphatic rings. The minimum Gasteiger partial charge on any atom is -0.396 e. The summed E-state index contributed by atoms with van der Waals surface area (Å²) >= 11 is 0. The number of ketones is 1. The average Bonchev–Trinajstić information content (AvgIpc) is 2.48. The second kappa shape index (κ2) is 6.08. The minimum atomic E-state index is -0.535. The quantitative estimate of drug-likeness (QED) is 0.514. The summed E-state index contributed by atoms with van der Waals surface area (Å²) in [7, 11) is 0. The normalized spacial score (nSPS) is 10.2. The number of nitro groups is 1. The van der Waals surface area contributed by atoms with Crippen molar-refractivity contribution in [2.45, 2.75) is 6.42 Å². The summed E-state index contributed by atoms with van der Waals surface area (Å²) in [6, 6.07) is 12.9. The van der Waals surface area contributed by atoms with Crippen LogP contribution in [0.2, 0.25) is 0 Å². The highest BCUT2D eigenvalue weighted by Gasteiger charge is 2.17. The van der Waals surface area contributed by atoms with Gasteiger partial charge in [0.05, 0.1) is 4.92 Å². The van der Waals surface area contributed by atoms with Gasteiger partial charge in [0, 0.05) is 35.8 Å². The largest absolute Gasteiger partial charge is 0.396 e. The number of nitro benzene ring substituents is 1. The molecule has 2 aromatic carbocycles. The molecule has 2 rings (SSSR count). The van der Waals surface area contributed by atoms with Crippen molar-refractivity contribution >= 4 is 11.5 Å². The van der Waals surface area contributed by atoms with Crippen molar-refractivity contribution in [2.24, 2.45) is 0 Å². The summed E-state index contributed by atoms with van der Waals surface area (Å²) in [4.78, 5) is 22.7. The zero-order valence-corrected chi connectivity index (χ0v) is 10.7. The van der Waals surface area contributed by atoms with Crippen molar-refractivity contribution in [3.63, 3.8) is 0 Å². The highest BCUT2D eigenvalue weighted by atomic mass is 16.6. The minimum absolute atomic E-state index is 0.138. The summed E-state index contributed by atoms with van der Waals surface area (Å²) < 4.78 is 0. The molecule has 0 saturated heterocycles. The van der Waals surface area contributed by atoms with Gasteiger partial charge in [-0.3, -0.25) is 14.9 Å². The van der Waals surface area contributed by atoms with Gasteiger partial charge in [0.25, 0.3) is 5.69 Å². The number of hydrogen-bond acceptors (Lipinski definition) is 4. The van der Waals surface area contributed by atoms with Gasteiger partial charge in [0.1, 0.15) is 0 Å². The Balaban J connectivity index is 2.41. The van der Waals surface area contributed by atoms with Crippen LogP contribution in [0.5, 0.6) is 0 Å². The zero-order chi connectivity index (χ0) is 14.5. The van der Waals surface area contributed by atoms with Gasteiger partial charge in [-0.1, -0.05) is 42.5 Å². The third-order valence-electron chi connectivity index (χ3n) is 2.96. The summed E-state index contributed by atoms with van der Waals surface area (Å²) in [6.45, 7) is -0.174. The summed E-state index contributed by atoms with van der Waals surface area (Å²) in [6.07, 6.45) is 0.191. The zero-order valence-electron chi connectivity index (χ0n) is 10.7. The molecular weight excluding hydrogens is 258 g/mol. The monoisotopic (exact) mass is 271 g/mol. The van der Waals surface area contributed by atoms with Crippen LogP contribution in [0.3, 0.4) is 0 Å². The van der Waals surface area contributed by atoms with Gasteiger partial charge in [0.2, 0.25) is 0 Å². The Kier molecular flexibility index (Phi) is 4.22. The third-order valence-corrected chi connectivity index (χ3v) is 2.96. The molecule has 0 aromatic heterocycles. The molecule has 0 unspecified atom stereocenters. The van der Waals surface area contributed by atoms with E-state index in [-0.39, 0.29) is 30.1 Å². The van der Waals surface area contributed by atoms with E-state index in [4.69, 9.17) is 5.11 Å². The van der Waals surface area contributed by atoms with E-state index in [2.05, 4.69) is 0 Å². The van der Waals surface area contributed by atoms with Crippen molar-refractivity contribution in [1.29, 1.82) is 0 Å². The molecule has 0 amide bonds. The maximum absolute atomic E-state index is 12.2. The lowest BCUT2D eigenvalue weighted by molar-refractivity contribution is -0.385. The molecule has 0 radical (unpaired) electrons. The third kappa shape index (κ3) is 2.89. The fourth-order valence-corrected chi connectivity index (χ4v) is 1.96. The van der Waals surface area contributed by atoms with E-state index in [1.807, 2.05) is 0 Å². The lowest BCUT2D eigenvalue weighted by Gasteiger charge is -2.05. The number of rotatable bonds is 5. The molecular formula is C15H13NO4. The maximum atomic E-state index is 12.2. The Hall–Kier alpha value is -2.53. The Labute approximate surface area is 115 Å². The standard InChI is InChI=1S/C15H13NO4/c17-9-8-11-6-7-13(10-14(11)16(19)20)15(18)12-4-2-1-3-5-12/h1-7,10,17H,8-9H2. The molecule has 20 heavy (non-hydrogen) atoms. The molecule has 0 saturated carbocycles. The van der Waals surface area contributed by atoms with Crippen molar-refractivity contribution in [3.05, 3.63) is 75.3 Å². The summed E-state index contributed by atoms with van der Waals surface area (Å²) in [5.74, 6) is -0.260. The number of benzene rings is 2. The van der Waals surface area contributed by atoms with Crippen LogP contribution in [0, 0.1) is 10.1 Å². The van der Waals surface area contributed by atoms with Crippen molar-refractivity contribution in [3.8, 4) is 0 Å². The highest BCUT2D eigenvalue weighted by molar-refractivity contribution is 6.09. The Morgan fingerprint density at radius 2 is 1.80 bits per heavy atom. The predicted molar refractivity (Wildman–Crippen MR) is 73.8 cm³/mol. The first kappa shape index (κ1) is 13.9. The van der Waals surface area contributed by atoms with Gasteiger partial charge in [-0.2, -0.15) is 0 Å². The Morgan fingerprint density at radius 1 is 1.10 bits per heavy atom. The van der Waals surface area contributed by atoms with Crippen LogP contribution in [-0.4, -0.2) is 22.4 Å². The van der Waals surface area contributed by atoms with Crippen molar-refractivity contribution in [1.82, 2.24) is 0 Å². The molecule has 0 spiro atoms. The SMILES string of the molecule is O=C(c1ccccc1)c1ccc(CCO)c([N+](=O)[O-])c1. The molecule has 0 atom stereocenters. The van der Waals surface area contributed by atoms with E-state index >= 15 is 0 Å². The number of nitrogens with zero attached hydrogens (tertiary/aromatic N) is 1. The Morgan fingerprint density at radius 3 is 2.40 bits per heavy atom. The van der Waals surface area contributed by atoms with E-state index in [9.17, 15) is 14.9 Å². The van der Waals surface area contributed by atoms with Crippen LogP contribution in [0.25, 0.3) is 0 Å².